The Kier molecular flexibility index (Phi) is 10.5. The lowest BCUT2D eigenvalue weighted by Crippen LogP contribution is -2.45. The molecule has 4 rings (SSSR count). The number of thioether (sulfide) groups is 1. The highest BCUT2D eigenvalue weighted by molar-refractivity contribution is 7.99. The number of phenols is 1. The van der Waals surface area contributed by atoms with Crippen LogP contribution in [0.1, 0.15) is 121 Å². The van der Waals surface area contributed by atoms with E-state index in [1.165, 1.54) is 89.0 Å². The molecule has 6 atom stereocenters. The molecule has 1 aromatic rings. The molecule has 2 saturated carbocycles. The van der Waals surface area contributed by atoms with Crippen LogP contribution < -0.4 is 0 Å². The van der Waals surface area contributed by atoms with Gasteiger partial charge < -0.3 is 5.11 Å². The zero-order valence-corrected chi connectivity index (χ0v) is 23.6. The Hall–Kier alpha value is -0.770. The van der Waals surface area contributed by atoms with E-state index in [1.54, 1.807) is 5.56 Å². The molecule has 3 unspecified atom stereocenters. The summed E-state index contributed by atoms with van der Waals surface area (Å²) in [5.74, 6) is 6.52. The Morgan fingerprint density at radius 2 is 1.69 bits per heavy atom. The summed E-state index contributed by atoms with van der Waals surface area (Å²) in [6.45, 7) is 5.12. The molecule has 0 aliphatic heterocycles. The topological polar surface area (TPSA) is 20.2 Å². The van der Waals surface area contributed by atoms with Crippen LogP contribution >= 0.6 is 11.8 Å². The maximum Gasteiger partial charge on any atom is 0.238 e. The van der Waals surface area contributed by atoms with E-state index in [9.17, 15) is 13.9 Å². The number of benzene rings is 1. The van der Waals surface area contributed by atoms with Gasteiger partial charge >= 0.3 is 0 Å². The molecule has 36 heavy (non-hydrogen) atoms. The fourth-order valence-electron chi connectivity index (χ4n) is 8.26. The van der Waals surface area contributed by atoms with Gasteiger partial charge in [0.15, 0.2) is 0 Å². The molecule has 0 radical (unpaired) electrons. The quantitative estimate of drug-likeness (QED) is 0.246. The summed E-state index contributed by atoms with van der Waals surface area (Å²) in [6.07, 6.45) is 15.8. The Morgan fingerprint density at radius 1 is 0.972 bits per heavy atom. The molecule has 0 bridgehead atoms. The fraction of sp³-hybridized carbons (Fsp3) is 0.812. The van der Waals surface area contributed by atoms with E-state index in [0.717, 1.165) is 35.2 Å². The van der Waals surface area contributed by atoms with Crippen molar-refractivity contribution in [2.75, 3.05) is 11.5 Å². The summed E-state index contributed by atoms with van der Waals surface area (Å²) >= 11 is 1.85. The first-order valence-electron chi connectivity index (χ1n) is 15.1. The third-order valence-corrected chi connectivity index (χ3v) is 11.6. The monoisotopic (exact) mass is 520 g/mol. The molecule has 1 nitrogen and oxygen atoms in total. The third kappa shape index (κ3) is 6.80. The van der Waals surface area contributed by atoms with Crippen molar-refractivity contribution >= 4 is 11.8 Å². The molecule has 0 saturated heterocycles. The largest absolute Gasteiger partial charge is 0.508 e. The second-order valence-corrected chi connectivity index (χ2v) is 13.8. The van der Waals surface area contributed by atoms with Crippen LogP contribution in [0.5, 0.6) is 5.75 Å². The number of fused-ring (bicyclic) bond motifs is 5. The first kappa shape index (κ1) is 28.2. The van der Waals surface area contributed by atoms with Crippen molar-refractivity contribution in [3.05, 3.63) is 29.3 Å². The van der Waals surface area contributed by atoms with Crippen molar-refractivity contribution < 1.29 is 13.9 Å². The third-order valence-electron chi connectivity index (χ3n) is 10.4. The predicted molar refractivity (Wildman–Crippen MR) is 150 cm³/mol. The minimum atomic E-state index is -2.14. The van der Waals surface area contributed by atoms with E-state index in [1.807, 2.05) is 17.8 Å². The Balaban J connectivity index is 1.20. The van der Waals surface area contributed by atoms with Crippen LogP contribution in [0.3, 0.4) is 0 Å². The molecular formula is C32H50F2OS. The van der Waals surface area contributed by atoms with Gasteiger partial charge in [0, 0.05) is 6.42 Å². The second-order valence-electron chi connectivity index (χ2n) is 12.6. The number of halogens is 2. The summed E-state index contributed by atoms with van der Waals surface area (Å²) in [6, 6.07) is 6.25. The SMILES string of the molecule is C[C@H]1CCC2C3C(CC[C@@]21C)c1ccc(O)cc1C[C@H]3CCCCCCCCCSCCCC(F)F. The average Bonchev–Trinajstić information content (AvgIpc) is 3.15. The number of rotatable bonds is 14. The van der Waals surface area contributed by atoms with Gasteiger partial charge in [-0.05, 0) is 121 Å². The highest BCUT2D eigenvalue weighted by Crippen LogP contribution is 2.64. The zero-order valence-electron chi connectivity index (χ0n) is 22.8. The lowest BCUT2D eigenvalue weighted by Gasteiger charge is -2.53. The highest BCUT2D eigenvalue weighted by atomic mass is 32.2. The Labute approximate surface area is 223 Å². The predicted octanol–water partition coefficient (Wildman–Crippen LogP) is 10.0. The van der Waals surface area contributed by atoms with E-state index in [0.29, 0.717) is 23.5 Å². The minimum absolute atomic E-state index is 0.0589. The van der Waals surface area contributed by atoms with E-state index < -0.39 is 6.43 Å². The molecular weight excluding hydrogens is 470 g/mol. The van der Waals surface area contributed by atoms with Gasteiger partial charge in [0.1, 0.15) is 5.75 Å². The van der Waals surface area contributed by atoms with Gasteiger partial charge in [-0.25, -0.2) is 8.78 Å². The molecule has 204 valence electrons. The summed E-state index contributed by atoms with van der Waals surface area (Å²) in [5, 5.41) is 10.2. The zero-order chi connectivity index (χ0) is 25.5. The standard InChI is InChI=1S/C32H50F2OS/c1-23-13-16-29-31-24(11-8-6-4-3-5-7-9-19-36-20-10-12-30(33)34)21-25-22-26(35)14-15-27(25)28(31)17-18-32(23,29)2/h14-15,22-24,28-31,35H,3-13,16-21H2,1-2H3/t23-,24+,28?,29?,31?,32+/m0/s1. The van der Waals surface area contributed by atoms with Crippen LogP contribution in [0.25, 0.3) is 0 Å². The first-order valence-corrected chi connectivity index (χ1v) is 16.2. The Morgan fingerprint density at radius 3 is 2.47 bits per heavy atom. The van der Waals surface area contributed by atoms with Crippen LogP contribution in [0.4, 0.5) is 8.78 Å². The van der Waals surface area contributed by atoms with Gasteiger partial charge in [0.25, 0.3) is 0 Å². The van der Waals surface area contributed by atoms with Crippen LogP contribution in [0.15, 0.2) is 18.2 Å². The van der Waals surface area contributed by atoms with Gasteiger partial charge in [0.2, 0.25) is 6.43 Å². The second kappa shape index (κ2) is 13.3. The first-order chi connectivity index (χ1) is 17.4. The molecule has 4 heteroatoms. The van der Waals surface area contributed by atoms with Crippen molar-refractivity contribution in [2.45, 2.75) is 123 Å². The van der Waals surface area contributed by atoms with Crippen LogP contribution in [0.2, 0.25) is 0 Å². The maximum absolute atomic E-state index is 12.2. The van der Waals surface area contributed by atoms with Gasteiger partial charge in [-0.2, -0.15) is 11.8 Å². The van der Waals surface area contributed by atoms with Gasteiger partial charge in [-0.15, -0.1) is 0 Å². The van der Waals surface area contributed by atoms with E-state index >= 15 is 0 Å². The summed E-state index contributed by atoms with van der Waals surface area (Å²) in [4.78, 5) is 0. The number of phenolic OH excluding ortho intramolecular Hbond substituents is 1. The van der Waals surface area contributed by atoms with Gasteiger partial charge in [-0.3, -0.25) is 0 Å². The van der Waals surface area contributed by atoms with E-state index in [4.69, 9.17) is 0 Å². The van der Waals surface area contributed by atoms with Crippen molar-refractivity contribution in [1.29, 1.82) is 0 Å². The molecule has 1 N–H and O–H groups in total. The molecule has 1 aromatic carbocycles. The summed E-state index contributed by atoms with van der Waals surface area (Å²) in [5.41, 5.74) is 3.53. The summed E-state index contributed by atoms with van der Waals surface area (Å²) < 4.78 is 24.3. The van der Waals surface area contributed by atoms with Gasteiger partial charge in [0.05, 0.1) is 0 Å². The van der Waals surface area contributed by atoms with Crippen molar-refractivity contribution in [1.82, 2.24) is 0 Å². The minimum Gasteiger partial charge on any atom is -0.508 e. The van der Waals surface area contributed by atoms with Crippen LogP contribution in [-0.4, -0.2) is 23.0 Å². The van der Waals surface area contributed by atoms with Crippen LogP contribution in [0, 0.1) is 29.1 Å². The van der Waals surface area contributed by atoms with Crippen molar-refractivity contribution in [2.24, 2.45) is 29.1 Å². The highest BCUT2D eigenvalue weighted by Gasteiger charge is 2.55. The van der Waals surface area contributed by atoms with Gasteiger partial charge in [-0.1, -0.05) is 58.4 Å². The molecule has 2 fully saturated rings. The molecule has 0 aromatic heterocycles. The smallest absolute Gasteiger partial charge is 0.238 e. The van der Waals surface area contributed by atoms with Crippen molar-refractivity contribution in [3.63, 3.8) is 0 Å². The summed E-state index contributed by atoms with van der Waals surface area (Å²) in [7, 11) is 0. The number of hydrogen-bond donors (Lipinski definition) is 1. The number of alkyl halides is 2. The molecule has 0 amide bonds. The number of aromatic hydroxyl groups is 1. The number of unbranched alkanes of at least 4 members (excludes halogenated alkanes) is 6. The van der Waals surface area contributed by atoms with E-state index in [-0.39, 0.29) is 6.42 Å². The lowest BCUT2D eigenvalue weighted by molar-refractivity contribution is 0.00271. The van der Waals surface area contributed by atoms with Crippen molar-refractivity contribution in [3.8, 4) is 5.75 Å². The molecule has 3 aliphatic rings. The lowest BCUT2D eigenvalue weighted by atomic mass is 9.51. The normalized spacial score (nSPS) is 31.3. The molecule has 0 spiro atoms. The Bertz CT molecular complexity index is 813. The maximum atomic E-state index is 12.2. The average molecular weight is 521 g/mol. The fourth-order valence-corrected chi connectivity index (χ4v) is 9.24. The van der Waals surface area contributed by atoms with Crippen LogP contribution in [-0.2, 0) is 6.42 Å². The van der Waals surface area contributed by atoms with E-state index in [2.05, 4.69) is 26.0 Å². The number of hydrogen-bond acceptors (Lipinski definition) is 2. The molecule has 0 heterocycles. The molecule has 3 aliphatic carbocycles.